The average molecular weight is 367 g/mol. The van der Waals surface area contributed by atoms with E-state index in [1.807, 2.05) is 0 Å². The van der Waals surface area contributed by atoms with Gasteiger partial charge in [-0.1, -0.05) is 12.8 Å². The summed E-state index contributed by atoms with van der Waals surface area (Å²) in [6.07, 6.45) is 4.19. The van der Waals surface area contributed by atoms with E-state index in [0.717, 1.165) is 25.7 Å². The van der Waals surface area contributed by atoms with Crippen LogP contribution in [0, 0.1) is 0 Å². The van der Waals surface area contributed by atoms with Crippen molar-refractivity contribution in [1.29, 1.82) is 0 Å². The molecule has 0 aromatic heterocycles. The van der Waals surface area contributed by atoms with Gasteiger partial charge in [0, 0.05) is 38.7 Å². The number of carbonyl (C=O) groups excluding carboxylic acids is 2. The summed E-state index contributed by atoms with van der Waals surface area (Å²) in [6.45, 7) is 3.44. The molecule has 0 heterocycles. The zero-order valence-corrected chi connectivity index (χ0v) is 15.4. The quantitative estimate of drug-likeness (QED) is 0.767. The molecule has 2 rings (SSSR count). The Hall–Kier alpha value is -1.93. The zero-order valence-electron chi connectivity index (χ0n) is 14.6. The molecule has 2 amide bonds. The van der Waals surface area contributed by atoms with E-state index in [1.165, 1.54) is 38.1 Å². The molecule has 1 aromatic rings. The molecule has 0 aliphatic heterocycles. The van der Waals surface area contributed by atoms with Gasteiger partial charge in [0.1, 0.15) is 0 Å². The molecule has 0 bridgehead atoms. The Balaban J connectivity index is 1.93. The van der Waals surface area contributed by atoms with Crippen LogP contribution in [0.1, 0.15) is 39.5 Å². The van der Waals surface area contributed by atoms with Gasteiger partial charge in [0.15, 0.2) is 0 Å². The van der Waals surface area contributed by atoms with E-state index in [-0.39, 0.29) is 29.3 Å². The van der Waals surface area contributed by atoms with Gasteiger partial charge >= 0.3 is 0 Å². The third-order valence-corrected chi connectivity index (χ3v) is 5.78. The van der Waals surface area contributed by atoms with Gasteiger partial charge in [0.05, 0.1) is 4.90 Å². The van der Waals surface area contributed by atoms with Gasteiger partial charge in [-0.25, -0.2) is 13.1 Å². The highest BCUT2D eigenvalue weighted by molar-refractivity contribution is 7.89. The molecule has 0 radical (unpaired) electrons. The fourth-order valence-corrected chi connectivity index (χ4v) is 4.14. The van der Waals surface area contributed by atoms with Gasteiger partial charge in [-0.05, 0) is 37.1 Å². The largest absolute Gasteiger partial charge is 0.339 e. The molecule has 0 saturated heterocycles. The Labute approximate surface area is 148 Å². The molecule has 1 aliphatic rings. The van der Waals surface area contributed by atoms with Crippen LogP contribution in [0.25, 0.3) is 0 Å². The fourth-order valence-electron chi connectivity index (χ4n) is 3.12. The minimum absolute atomic E-state index is 0.0224. The molecule has 0 unspecified atom stereocenters. The Morgan fingerprint density at radius 2 is 1.72 bits per heavy atom. The van der Waals surface area contributed by atoms with Crippen molar-refractivity contribution in [3.63, 3.8) is 0 Å². The number of amides is 2. The van der Waals surface area contributed by atoms with Crippen molar-refractivity contribution in [2.75, 3.05) is 18.4 Å². The number of rotatable bonds is 7. The summed E-state index contributed by atoms with van der Waals surface area (Å²) < 4.78 is 27.2. The lowest BCUT2D eigenvalue weighted by Gasteiger charge is -2.27. The number of nitrogens with one attached hydrogen (secondary N) is 2. The second-order valence-corrected chi connectivity index (χ2v) is 8.02. The van der Waals surface area contributed by atoms with Crippen molar-refractivity contribution in [2.45, 2.75) is 50.5 Å². The number of carbonyl (C=O) groups is 2. The van der Waals surface area contributed by atoms with E-state index < -0.39 is 10.0 Å². The first-order valence-corrected chi connectivity index (χ1v) is 9.92. The normalized spacial score (nSPS) is 15.1. The van der Waals surface area contributed by atoms with Crippen molar-refractivity contribution < 1.29 is 18.0 Å². The van der Waals surface area contributed by atoms with E-state index in [4.69, 9.17) is 0 Å². The van der Waals surface area contributed by atoms with E-state index in [0.29, 0.717) is 12.2 Å². The molecule has 8 heteroatoms. The van der Waals surface area contributed by atoms with Gasteiger partial charge < -0.3 is 10.2 Å². The number of anilines is 1. The van der Waals surface area contributed by atoms with Crippen LogP contribution in [0.3, 0.4) is 0 Å². The Kier molecular flexibility index (Phi) is 6.55. The van der Waals surface area contributed by atoms with Gasteiger partial charge in [-0.3, -0.25) is 9.59 Å². The highest BCUT2D eigenvalue weighted by Crippen LogP contribution is 2.23. The first-order chi connectivity index (χ1) is 11.8. The highest BCUT2D eigenvalue weighted by atomic mass is 32.2. The maximum absolute atomic E-state index is 12.3. The molecule has 138 valence electrons. The van der Waals surface area contributed by atoms with E-state index >= 15 is 0 Å². The first kappa shape index (κ1) is 19.4. The van der Waals surface area contributed by atoms with Crippen LogP contribution in [0.5, 0.6) is 0 Å². The molecule has 1 aliphatic carbocycles. The zero-order chi connectivity index (χ0) is 18.4. The SMILES string of the molecule is CC(=O)Nc1ccc(S(=O)(=O)NCCN(C(C)=O)C2CCCC2)cc1. The van der Waals surface area contributed by atoms with Crippen LogP contribution in [0.4, 0.5) is 5.69 Å². The Morgan fingerprint density at radius 1 is 1.12 bits per heavy atom. The lowest BCUT2D eigenvalue weighted by atomic mass is 10.2. The summed E-state index contributed by atoms with van der Waals surface area (Å²) >= 11 is 0. The van der Waals surface area contributed by atoms with Crippen molar-refractivity contribution >= 4 is 27.5 Å². The third kappa shape index (κ3) is 5.54. The Morgan fingerprint density at radius 3 is 2.24 bits per heavy atom. The van der Waals surface area contributed by atoms with E-state index in [9.17, 15) is 18.0 Å². The molecule has 0 spiro atoms. The standard InChI is InChI=1S/C17H25N3O4S/c1-13(21)19-15-7-9-17(10-8-15)25(23,24)18-11-12-20(14(2)22)16-5-3-4-6-16/h7-10,16,18H,3-6,11-12H2,1-2H3,(H,19,21). The maximum Gasteiger partial charge on any atom is 0.240 e. The third-order valence-electron chi connectivity index (χ3n) is 4.30. The van der Waals surface area contributed by atoms with Crippen LogP contribution >= 0.6 is 0 Å². The lowest BCUT2D eigenvalue weighted by Crippen LogP contribution is -2.42. The predicted octanol–water partition coefficient (Wildman–Crippen LogP) is 1.71. The molecule has 7 nitrogen and oxygen atoms in total. The number of benzene rings is 1. The number of hydrogen-bond donors (Lipinski definition) is 2. The molecular weight excluding hydrogens is 342 g/mol. The van der Waals surface area contributed by atoms with Crippen molar-refractivity contribution in [3.05, 3.63) is 24.3 Å². The summed E-state index contributed by atoms with van der Waals surface area (Å²) in [5.74, 6) is -0.240. The van der Waals surface area contributed by atoms with E-state index in [2.05, 4.69) is 10.0 Å². The molecule has 1 fully saturated rings. The van der Waals surface area contributed by atoms with Gasteiger partial charge in [-0.15, -0.1) is 0 Å². The average Bonchev–Trinajstić information content (AvgIpc) is 3.05. The summed E-state index contributed by atoms with van der Waals surface area (Å²) in [4.78, 5) is 24.7. The predicted molar refractivity (Wildman–Crippen MR) is 95.6 cm³/mol. The highest BCUT2D eigenvalue weighted by Gasteiger charge is 2.24. The van der Waals surface area contributed by atoms with Crippen molar-refractivity contribution in [3.8, 4) is 0 Å². The second kappa shape index (κ2) is 8.44. The minimum atomic E-state index is -3.65. The lowest BCUT2D eigenvalue weighted by molar-refractivity contribution is -0.131. The molecule has 25 heavy (non-hydrogen) atoms. The van der Waals surface area contributed by atoms with Crippen molar-refractivity contribution in [1.82, 2.24) is 9.62 Å². The van der Waals surface area contributed by atoms with Gasteiger partial charge in [-0.2, -0.15) is 0 Å². The fraction of sp³-hybridized carbons (Fsp3) is 0.529. The Bertz CT molecular complexity index is 710. The smallest absolute Gasteiger partial charge is 0.240 e. The molecule has 1 saturated carbocycles. The summed E-state index contributed by atoms with van der Waals surface area (Å²) in [7, 11) is -3.65. The second-order valence-electron chi connectivity index (χ2n) is 6.25. The van der Waals surface area contributed by atoms with Crippen LogP contribution in [-0.4, -0.2) is 44.3 Å². The number of nitrogens with zero attached hydrogens (tertiary/aromatic N) is 1. The van der Waals surface area contributed by atoms with Crippen LogP contribution in [0.15, 0.2) is 29.2 Å². The molecule has 2 N–H and O–H groups in total. The monoisotopic (exact) mass is 367 g/mol. The number of sulfonamides is 1. The summed E-state index contributed by atoms with van der Waals surface area (Å²) in [5.41, 5.74) is 0.537. The van der Waals surface area contributed by atoms with Crippen LogP contribution in [-0.2, 0) is 19.6 Å². The topological polar surface area (TPSA) is 95.6 Å². The van der Waals surface area contributed by atoms with Crippen molar-refractivity contribution in [2.24, 2.45) is 0 Å². The molecular formula is C17H25N3O4S. The van der Waals surface area contributed by atoms with Crippen LogP contribution < -0.4 is 10.0 Å². The molecule has 1 aromatic carbocycles. The van der Waals surface area contributed by atoms with E-state index in [1.54, 1.807) is 4.90 Å². The molecule has 0 atom stereocenters. The van der Waals surface area contributed by atoms with Gasteiger partial charge in [0.2, 0.25) is 21.8 Å². The minimum Gasteiger partial charge on any atom is -0.339 e. The first-order valence-electron chi connectivity index (χ1n) is 8.44. The van der Waals surface area contributed by atoms with Crippen LogP contribution in [0.2, 0.25) is 0 Å². The summed E-state index contributed by atoms with van der Waals surface area (Å²) in [6, 6.07) is 6.17. The maximum atomic E-state index is 12.3. The number of hydrogen-bond acceptors (Lipinski definition) is 4. The summed E-state index contributed by atoms with van der Waals surface area (Å²) in [5, 5.41) is 2.59. The van der Waals surface area contributed by atoms with Gasteiger partial charge in [0.25, 0.3) is 0 Å².